The molecule has 3 fully saturated rings. The summed E-state index contributed by atoms with van der Waals surface area (Å²) in [4.78, 5) is 12.0. The lowest BCUT2D eigenvalue weighted by Crippen LogP contribution is -2.58. The molecule has 3 heterocycles. The molecule has 0 radical (unpaired) electrons. The number of carbonyl (C=O) groups excluding carboxylic acids is 1. The first kappa shape index (κ1) is 17.9. The summed E-state index contributed by atoms with van der Waals surface area (Å²) in [6.45, 7) is 10.9. The van der Waals surface area contributed by atoms with E-state index in [0.29, 0.717) is 6.61 Å². The van der Waals surface area contributed by atoms with Gasteiger partial charge >= 0.3 is 5.97 Å². The molecule has 0 aromatic carbocycles. The summed E-state index contributed by atoms with van der Waals surface area (Å²) in [5.41, 5.74) is 2.16. The minimum atomic E-state index is -0.607. The van der Waals surface area contributed by atoms with E-state index in [-0.39, 0.29) is 35.4 Å². The monoisotopic (exact) mass is 374 g/mol. The smallest absolute Gasteiger partial charge is 0.334 e. The van der Waals surface area contributed by atoms with Crippen LogP contribution in [0.5, 0.6) is 0 Å². The van der Waals surface area contributed by atoms with E-state index in [4.69, 9.17) is 14.2 Å². The highest BCUT2D eigenvalue weighted by Gasteiger charge is 2.82. The van der Waals surface area contributed by atoms with Crippen molar-refractivity contribution >= 4 is 5.97 Å². The second-order valence-electron chi connectivity index (χ2n) is 9.21. The van der Waals surface area contributed by atoms with Crippen molar-refractivity contribution in [2.24, 2.45) is 17.3 Å². The Labute approximate surface area is 160 Å². The number of aliphatic hydroxyl groups is 1. The van der Waals surface area contributed by atoms with Crippen LogP contribution in [0.2, 0.25) is 0 Å². The van der Waals surface area contributed by atoms with Crippen LogP contribution < -0.4 is 0 Å². The molecule has 7 unspecified atom stereocenters. The Balaban J connectivity index is 0.000000777. The molecular weight excluding hydrogens is 344 g/mol. The van der Waals surface area contributed by atoms with Crippen LogP contribution in [0, 0.1) is 17.3 Å². The molecule has 6 rings (SSSR count). The van der Waals surface area contributed by atoms with E-state index in [0.717, 1.165) is 24.8 Å². The van der Waals surface area contributed by atoms with Gasteiger partial charge in [-0.1, -0.05) is 40.7 Å². The largest absolute Gasteiger partial charge is 0.458 e. The van der Waals surface area contributed by atoms with Crippen molar-refractivity contribution in [2.45, 2.75) is 83.4 Å². The van der Waals surface area contributed by atoms with Gasteiger partial charge in [-0.25, -0.2) is 4.79 Å². The molecule has 3 aliphatic carbocycles. The number of rotatable bonds is 1. The zero-order valence-electron chi connectivity index (χ0n) is 16.9. The number of esters is 1. The number of fused-ring (bicyclic) bond motifs is 4. The fourth-order valence-corrected chi connectivity index (χ4v) is 6.56. The maximum Gasteiger partial charge on any atom is 0.334 e. The van der Waals surface area contributed by atoms with Gasteiger partial charge in [0.1, 0.15) is 30.0 Å². The lowest BCUT2D eigenvalue weighted by atomic mass is 9.51. The molecule has 1 spiro atoms. The van der Waals surface area contributed by atoms with Crippen LogP contribution in [0.25, 0.3) is 0 Å². The number of hydrogen-bond donors (Lipinski definition) is 1. The minimum Gasteiger partial charge on any atom is -0.458 e. The number of cyclic esters (lactones) is 1. The minimum absolute atomic E-state index is 0.0135. The zero-order chi connectivity index (χ0) is 19.4. The summed E-state index contributed by atoms with van der Waals surface area (Å²) in [5, 5.41) is 11.3. The van der Waals surface area contributed by atoms with Crippen LogP contribution in [-0.4, -0.2) is 47.2 Å². The molecule has 0 bridgehead atoms. The average Bonchev–Trinajstić information content (AvgIpc) is 3.52. The van der Waals surface area contributed by atoms with Gasteiger partial charge in [0.25, 0.3) is 0 Å². The molecule has 0 aromatic rings. The van der Waals surface area contributed by atoms with Gasteiger partial charge in [-0.15, -0.1) is 0 Å². The molecular formula is C22H30O5. The molecule has 3 aliphatic heterocycles. The predicted octanol–water partition coefficient (Wildman–Crippen LogP) is 2.92. The molecule has 0 amide bonds. The Morgan fingerprint density at radius 2 is 2.00 bits per heavy atom. The number of hydrogen-bond acceptors (Lipinski definition) is 5. The Morgan fingerprint density at radius 3 is 2.70 bits per heavy atom. The normalized spacial score (nSPS) is 50.9. The summed E-state index contributed by atoms with van der Waals surface area (Å²) in [6.07, 6.45) is 4.18. The molecule has 5 heteroatoms. The van der Waals surface area contributed by atoms with E-state index in [2.05, 4.69) is 26.8 Å². The van der Waals surface area contributed by atoms with Crippen LogP contribution in [0.4, 0.5) is 0 Å². The van der Waals surface area contributed by atoms with Gasteiger partial charge in [-0.05, 0) is 47.7 Å². The third-order valence-corrected chi connectivity index (χ3v) is 8.09. The molecule has 6 aliphatic rings. The summed E-state index contributed by atoms with van der Waals surface area (Å²) in [5.74, 6) is 0.385. The summed E-state index contributed by atoms with van der Waals surface area (Å²) in [6, 6.07) is 0. The van der Waals surface area contributed by atoms with Crippen LogP contribution in [0.15, 0.2) is 22.8 Å². The van der Waals surface area contributed by atoms with Crippen molar-refractivity contribution < 1.29 is 24.1 Å². The van der Waals surface area contributed by atoms with E-state index in [1.54, 1.807) is 0 Å². The lowest BCUT2D eigenvalue weighted by Gasteiger charge is -2.50. The van der Waals surface area contributed by atoms with Crippen molar-refractivity contribution in [3.63, 3.8) is 0 Å². The van der Waals surface area contributed by atoms with Crippen LogP contribution >= 0.6 is 0 Å². The molecule has 27 heavy (non-hydrogen) atoms. The first-order valence-corrected chi connectivity index (χ1v) is 10.5. The average molecular weight is 374 g/mol. The first-order chi connectivity index (χ1) is 12.9. The maximum atomic E-state index is 12.0. The summed E-state index contributed by atoms with van der Waals surface area (Å²) >= 11 is 0. The van der Waals surface area contributed by atoms with Crippen LogP contribution in [0.3, 0.4) is 0 Å². The van der Waals surface area contributed by atoms with Crippen molar-refractivity contribution in [3.05, 3.63) is 22.8 Å². The molecule has 7 atom stereocenters. The maximum absolute atomic E-state index is 12.0. The van der Waals surface area contributed by atoms with E-state index >= 15 is 0 Å². The fourth-order valence-electron chi connectivity index (χ4n) is 6.56. The van der Waals surface area contributed by atoms with Gasteiger partial charge in [0, 0.05) is 5.57 Å². The molecule has 1 N–H and O–H groups in total. The molecule has 1 saturated carbocycles. The van der Waals surface area contributed by atoms with Crippen molar-refractivity contribution in [2.75, 3.05) is 6.61 Å². The topological polar surface area (TPSA) is 71.6 Å². The SMILES string of the molecule is CC.CC(C)C12OC1C=C1C3(C)CCC4=C(COC4=O)C3CC3OC13C2O. The highest BCUT2D eigenvalue weighted by atomic mass is 16.7. The van der Waals surface area contributed by atoms with Gasteiger partial charge in [0.05, 0.1) is 6.10 Å². The third kappa shape index (κ3) is 1.84. The second kappa shape index (κ2) is 5.25. The molecule has 2 saturated heterocycles. The van der Waals surface area contributed by atoms with Crippen molar-refractivity contribution in [3.8, 4) is 0 Å². The highest BCUT2D eigenvalue weighted by molar-refractivity contribution is 5.92. The van der Waals surface area contributed by atoms with Crippen LogP contribution in [-0.2, 0) is 19.0 Å². The third-order valence-electron chi connectivity index (χ3n) is 8.09. The Hall–Kier alpha value is -1.17. The number of carbonyl (C=O) groups is 1. The fraction of sp³-hybridized carbons (Fsp3) is 0.773. The zero-order valence-corrected chi connectivity index (χ0v) is 16.9. The van der Waals surface area contributed by atoms with Gasteiger partial charge in [0.15, 0.2) is 0 Å². The summed E-state index contributed by atoms with van der Waals surface area (Å²) in [7, 11) is 0. The van der Waals surface area contributed by atoms with Crippen LogP contribution in [0.1, 0.15) is 53.9 Å². The Morgan fingerprint density at radius 1 is 1.26 bits per heavy atom. The lowest BCUT2D eigenvalue weighted by molar-refractivity contribution is -0.136. The van der Waals surface area contributed by atoms with Crippen molar-refractivity contribution in [1.82, 2.24) is 0 Å². The standard InChI is InChI=1S/C20H24O5.C2H6/c1-9(2)19-15(24-19)7-13-18(3)5-4-10-11(8-23-16(10)21)12(18)6-14-20(13,25-14)17(19)22;1-2/h7,9,12,14-15,17,22H,4-6,8H2,1-3H3;1-2H3. The van der Waals surface area contributed by atoms with Gasteiger partial charge in [-0.3, -0.25) is 0 Å². The Kier molecular flexibility index (Phi) is 3.48. The van der Waals surface area contributed by atoms with Crippen molar-refractivity contribution in [1.29, 1.82) is 0 Å². The second-order valence-corrected chi connectivity index (χ2v) is 9.21. The number of ether oxygens (including phenoxy) is 3. The number of epoxide rings is 2. The van der Waals surface area contributed by atoms with Gasteiger partial charge in [0.2, 0.25) is 0 Å². The van der Waals surface area contributed by atoms with Gasteiger partial charge in [-0.2, -0.15) is 0 Å². The van der Waals surface area contributed by atoms with E-state index in [1.807, 2.05) is 13.8 Å². The van der Waals surface area contributed by atoms with E-state index in [9.17, 15) is 9.90 Å². The highest BCUT2D eigenvalue weighted by Crippen LogP contribution is 2.72. The molecule has 0 aromatic heterocycles. The number of aliphatic hydroxyl groups excluding tert-OH is 1. The molecule has 5 nitrogen and oxygen atoms in total. The summed E-state index contributed by atoms with van der Waals surface area (Å²) < 4.78 is 17.6. The molecule has 148 valence electrons. The Bertz CT molecular complexity index is 782. The quantitative estimate of drug-likeness (QED) is 0.434. The van der Waals surface area contributed by atoms with E-state index < -0.39 is 17.3 Å². The predicted molar refractivity (Wildman–Crippen MR) is 98.9 cm³/mol. The van der Waals surface area contributed by atoms with Gasteiger partial charge < -0.3 is 19.3 Å². The first-order valence-electron chi connectivity index (χ1n) is 10.5. The van der Waals surface area contributed by atoms with E-state index in [1.165, 1.54) is 11.1 Å².